The van der Waals surface area contributed by atoms with Crippen LogP contribution in [-0.4, -0.2) is 94.0 Å². The summed E-state index contributed by atoms with van der Waals surface area (Å²) in [6.45, 7) is 8.22. The fourth-order valence-electron chi connectivity index (χ4n) is 5.68. The summed E-state index contributed by atoms with van der Waals surface area (Å²) in [5.41, 5.74) is 2.76. The van der Waals surface area contributed by atoms with Crippen LogP contribution in [0.5, 0.6) is 11.5 Å². The molecule has 2 saturated heterocycles. The van der Waals surface area contributed by atoms with Crippen molar-refractivity contribution in [1.29, 1.82) is 0 Å². The van der Waals surface area contributed by atoms with Gasteiger partial charge < -0.3 is 24.0 Å². The number of hydrogen-bond acceptors (Lipinski definition) is 8. The van der Waals surface area contributed by atoms with E-state index in [9.17, 15) is 13.2 Å². The number of pyridine rings is 1. The molecule has 5 rings (SSSR count). The molecule has 1 aromatic heterocycles. The molecule has 2 fully saturated rings. The summed E-state index contributed by atoms with van der Waals surface area (Å²) in [5, 5.41) is 1.000. The second kappa shape index (κ2) is 11.3. The molecule has 1 atom stereocenters. The molecule has 10 nitrogen and oxygen atoms in total. The summed E-state index contributed by atoms with van der Waals surface area (Å²) in [4.78, 5) is 20.9. The largest absolute Gasteiger partial charge is 0.497 e. The van der Waals surface area contributed by atoms with Crippen molar-refractivity contribution < 1.29 is 27.4 Å². The molecule has 42 heavy (non-hydrogen) atoms. The summed E-state index contributed by atoms with van der Waals surface area (Å²) in [7, 11) is 1.78. The molecule has 0 radical (unpaired) electrons. The summed E-state index contributed by atoms with van der Waals surface area (Å²) in [6, 6.07) is 15.7. The van der Waals surface area contributed by atoms with Gasteiger partial charge in [-0.2, -0.15) is 0 Å². The van der Waals surface area contributed by atoms with Gasteiger partial charge in [-0.05, 0) is 69.7 Å². The fourth-order valence-corrected chi connectivity index (χ4v) is 7.47. The summed E-state index contributed by atoms with van der Waals surface area (Å²) in [6.07, 6.45) is 0.433. The Hall–Kier alpha value is -3.57. The van der Waals surface area contributed by atoms with Gasteiger partial charge in [-0.3, -0.25) is 0 Å². The van der Waals surface area contributed by atoms with Gasteiger partial charge in [-0.1, -0.05) is 0 Å². The molecule has 1 amide bonds. The predicted molar refractivity (Wildman–Crippen MR) is 164 cm³/mol. The number of methoxy groups -OCH3 is 1. The standard InChI is InChI=1S/C31H40N4O6S/c1-30(2,3)41-29(36)33(4)15-16-40-23-9-7-22(8-10-23)26-18-28(25-12-11-24(39-6)17-27(25)32-26)35-14-13-31(20-35)19-34(5)42(37,38)21-31/h7-12,17-18H,13-16,19-21H2,1-6H3. The number of sulfonamides is 1. The highest BCUT2D eigenvalue weighted by Crippen LogP contribution is 2.43. The lowest BCUT2D eigenvalue weighted by Crippen LogP contribution is -2.36. The Bertz CT molecular complexity index is 1570. The van der Waals surface area contributed by atoms with E-state index >= 15 is 0 Å². The third-order valence-electron chi connectivity index (χ3n) is 7.85. The van der Waals surface area contributed by atoms with Crippen molar-refractivity contribution in [2.45, 2.75) is 32.8 Å². The zero-order valence-corrected chi connectivity index (χ0v) is 26.0. The highest BCUT2D eigenvalue weighted by atomic mass is 32.2. The van der Waals surface area contributed by atoms with Crippen molar-refractivity contribution in [3.8, 4) is 22.8 Å². The molecule has 0 N–H and O–H groups in total. The normalized spacial score (nSPS) is 20.3. The minimum atomic E-state index is -3.21. The Kier molecular flexibility index (Phi) is 8.02. The number of aromatic nitrogens is 1. The van der Waals surface area contributed by atoms with Crippen LogP contribution in [0.2, 0.25) is 0 Å². The molecule has 1 unspecified atom stereocenters. The first-order chi connectivity index (χ1) is 19.8. The number of nitrogens with zero attached hydrogens (tertiary/aromatic N) is 4. The summed E-state index contributed by atoms with van der Waals surface area (Å²) < 4.78 is 43.3. The van der Waals surface area contributed by atoms with E-state index in [0.29, 0.717) is 32.0 Å². The first-order valence-corrected chi connectivity index (χ1v) is 15.7. The maximum Gasteiger partial charge on any atom is 0.410 e. The molecule has 226 valence electrons. The van der Waals surface area contributed by atoms with Gasteiger partial charge >= 0.3 is 6.09 Å². The molecular weight excluding hydrogens is 556 g/mol. The van der Waals surface area contributed by atoms with E-state index in [1.54, 1.807) is 21.2 Å². The van der Waals surface area contributed by atoms with E-state index in [1.807, 2.05) is 63.2 Å². The molecule has 3 heterocycles. The molecule has 11 heteroatoms. The molecule has 2 aliphatic rings. The van der Waals surface area contributed by atoms with E-state index < -0.39 is 15.6 Å². The lowest BCUT2D eigenvalue weighted by atomic mass is 9.90. The molecule has 0 saturated carbocycles. The number of anilines is 1. The number of ether oxygens (including phenoxy) is 3. The number of carbonyl (C=O) groups excluding carboxylic acids is 1. The molecule has 3 aromatic rings. The van der Waals surface area contributed by atoms with Crippen molar-refractivity contribution in [3.05, 3.63) is 48.5 Å². The van der Waals surface area contributed by atoms with Crippen LogP contribution in [-0.2, 0) is 14.8 Å². The Labute approximate surface area is 248 Å². The van der Waals surface area contributed by atoms with Crippen LogP contribution < -0.4 is 14.4 Å². The van der Waals surface area contributed by atoms with Crippen molar-refractivity contribution in [2.75, 3.05) is 64.6 Å². The Morgan fingerprint density at radius 1 is 1.07 bits per heavy atom. The minimum absolute atomic E-state index is 0.186. The van der Waals surface area contributed by atoms with Crippen LogP contribution in [0.1, 0.15) is 27.2 Å². The van der Waals surface area contributed by atoms with E-state index in [-0.39, 0.29) is 17.3 Å². The molecule has 0 aliphatic carbocycles. The monoisotopic (exact) mass is 596 g/mol. The molecule has 1 spiro atoms. The van der Waals surface area contributed by atoms with Crippen molar-refractivity contribution in [3.63, 3.8) is 0 Å². The molecular formula is C31H40N4O6S. The van der Waals surface area contributed by atoms with Gasteiger partial charge in [-0.15, -0.1) is 0 Å². The average molecular weight is 597 g/mol. The first kappa shape index (κ1) is 29.9. The zero-order chi connectivity index (χ0) is 30.3. The number of carbonyl (C=O) groups is 1. The Morgan fingerprint density at radius 3 is 2.43 bits per heavy atom. The number of likely N-dealkylation sites (N-methyl/N-ethyl adjacent to an activating group) is 1. The van der Waals surface area contributed by atoms with Crippen molar-refractivity contribution in [2.24, 2.45) is 5.41 Å². The SMILES string of the molecule is COc1ccc2c(N3CCC4(C3)CN(C)S(=O)(=O)C4)cc(-c3ccc(OCCN(C)C(=O)OC(C)(C)C)cc3)nc2c1. The number of fused-ring (bicyclic) bond motifs is 1. The molecule has 2 aliphatic heterocycles. The summed E-state index contributed by atoms with van der Waals surface area (Å²) >= 11 is 0. The number of benzene rings is 2. The van der Waals surface area contributed by atoms with Crippen LogP contribution in [0.4, 0.5) is 10.5 Å². The van der Waals surface area contributed by atoms with Gasteiger partial charge in [0.25, 0.3) is 0 Å². The van der Waals surface area contributed by atoms with Crippen LogP contribution in [0.25, 0.3) is 22.2 Å². The van der Waals surface area contributed by atoms with E-state index in [0.717, 1.165) is 46.6 Å². The van der Waals surface area contributed by atoms with E-state index in [4.69, 9.17) is 19.2 Å². The lowest BCUT2D eigenvalue weighted by Gasteiger charge is -2.25. The number of amides is 1. The van der Waals surface area contributed by atoms with Crippen molar-refractivity contribution in [1.82, 2.24) is 14.2 Å². The maximum absolute atomic E-state index is 12.5. The topological polar surface area (TPSA) is 102 Å². The van der Waals surface area contributed by atoms with Crippen molar-refractivity contribution >= 4 is 32.7 Å². The van der Waals surface area contributed by atoms with E-state index in [1.165, 1.54) is 9.21 Å². The van der Waals surface area contributed by atoms with Gasteiger partial charge in [0, 0.05) is 61.8 Å². The smallest absolute Gasteiger partial charge is 0.410 e. The number of rotatable bonds is 7. The Balaban J connectivity index is 1.35. The zero-order valence-electron chi connectivity index (χ0n) is 25.2. The third kappa shape index (κ3) is 6.42. The molecule has 2 aromatic carbocycles. The van der Waals surface area contributed by atoms with Crippen LogP contribution in [0.3, 0.4) is 0 Å². The highest BCUT2D eigenvalue weighted by Gasteiger charge is 2.49. The summed E-state index contributed by atoms with van der Waals surface area (Å²) in [5.74, 6) is 1.60. The van der Waals surface area contributed by atoms with Gasteiger partial charge in [0.1, 0.15) is 23.7 Å². The Morgan fingerprint density at radius 2 is 1.79 bits per heavy atom. The predicted octanol–water partition coefficient (Wildman–Crippen LogP) is 4.63. The highest BCUT2D eigenvalue weighted by molar-refractivity contribution is 7.89. The van der Waals surface area contributed by atoms with Gasteiger partial charge in [0.2, 0.25) is 10.0 Å². The van der Waals surface area contributed by atoms with E-state index in [2.05, 4.69) is 11.0 Å². The quantitative estimate of drug-likeness (QED) is 0.389. The number of hydrogen-bond donors (Lipinski definition) is 0. The third-order valence-corrected chi connectivity index (χ3v) is 9.90. The first-order valence-electron chi connectivity index (χ1n) is 14.1. The van der Waals surface area contributed by atoms with Gasteiger partial charge in [-0.25, -0.2) is 22.5 Å². The average Bonchev–Trinajstić information content (AvgIpc) is 3.43. The second-order valence-electron chi connectivity index (χ2n) is 12.4. The van der Waals surface area contributed by atoms with Crippen LogP contribution in [0, 0.1) is 5.41 Å². The molecule has 0 bridgehead atoms. The maximum atomic E-state index is 12.5. The fraction of sp³-hybridized carbons (Fsp3) is 0.484. The second-order valence-corrected chi connectivity index (χ2v) is 14.4. The van der Waals surface area contributed by atoms with Crippen LogP contribution >= 0.6 is 0 Å². The van der Waals surface area contributed by atoms with Crippen LogP contribution in [0.15, 0.2) is 48.5 Å². The lowest BCUT2D eigenvalue weighted by molar-refractivity contribution is 0.0278. The minimum Gasteiger partial charge on any atom is -0.497 e. The van der Waals surface area contributed by atoms with Gasteiger partial charge in [0.05, 0.1) is 30.6 Å². The van der Waals surface area contributed by atoms with Gasteiger partial charge in [0.15, 0.2) is 0 Å².